The Morgan fingerprint density at radius 2 is 1.19 bits per heavy atom. The maximum absolute atomic E-state index is 2.61. The van der Waals surface area contributed by atoms with Gasteiger partial charge in [0.05, 0.1) is 0 Å². The smallest absolute Gasteiger partial charge is 0.198 e. The van der Waals surface area contributed by atoms with Gasteiger partial charge in [-0.2, -0.15) is 4.57 Å². The van der Waals surface area contributed by atoms with Crippen LogP contribution in [0, 0.1) is 6.92 Å². The summed E-state index contributed by atoms with van der Waals surface area (Å²) < 4.78 is 2.55. The Kier molecular flexibility index (Phi) is 3.59. The molecule has 6 aliphatic rings. The highest BCUT2D eigenvalue weighted by Gasteiger charge is 2.37. The molecular formula is C26H32N+. The van der Waals surface area contributed by atoms with Gasteiger partial charge in [-0.15, -0.1) is 0 Å². The second kappa shape index (κ2) is 5.93. The zero-order valence-electron chi connectivity index (χ0n) is 16.9. The summed E-state index contributed by atoms with van der Waals surface area (Å²) in [6.45, 7) is 5.73. The number of hydrogen-bond donors (Lipinski definition) is 0. The van der Waals surface area contributed by atoms with E-state index in [2.05, 4.69) is 42.8 Å². The average Bonchev–Trinajstić information content (AvgIpc) is 2.74. The first-order valence-electron chi connectivity index (χ1n) is 11.4. The first-order chi connectivity index (χ1) is 13.2. The molecular weight excluding hydrogens is 326 g/mol. The lowest BCUT2D eigenvalue weighted by atomic mass is 9.66. The number of rotatable bonds is 2. The maximum atomic E-state index is 2.61. The van der Waals surface area contributed by atoms with Crippen molar-refractivity contribution in [3.05, 3.63) is 52.2 Å². The minimum Gasteiger partial charge on any atom is -0.198 e. The summed E-state index contributed by atoms with van der Waals surface area (Å²) in [5, 5.41) is 0. The van der Waals surface area contributed by atoms with Crippen molar-refractivity contribution in [2.24, 2.45) is 0 Å². The average molecular weight is 359 g/mol. The maximum Gasteiger partial charge on any atom is 0.213 e. The largest absolute Gasteiger partial charge is 0.213 e. The number of aromatic nitrogens is 1. The van der Waals surface area contributed by atoms with Crippen molar-refractivity contribution in [2.75, 3.05) is 0 Å². The summed E-state index contributed by atoms with van der Waals surface area (Å²) in [5.41, 5.74) is 11.2. The van der Waals surface area contributed by atoms with Gasteiger partial charge in [0.2, 0.25) is 5.69 Å². The standard InChI is InChI=1S/C26H32N/c1-3-27-15-25-20-10-8-19(9-11-20)24(25)14-26(27)21-13-23-18-6-4-17(5-7-18)22(23)12-16(21)2/h12-15,17-20H,3-11H2,1-2H3/q+1. The number of nitrogens with zero attached hydrogens (tertiary/aromatic N) is 1. The molecule has 4 bridgehead atoms. The van der Waals surface area contributed by atoms with Crippen molar-refractivity contribution < 1.29 is 4.57 Å². The van der Waals surface area contributed by atoms with Gasteiger partial charge in [0.15, 0.2) is 6.20 Å². The van der Waals surface area contributed by atoms with Crippen LogP contribution >= 0.6 is 0 Å². The third-order valence-electron chi connectivity index (χ3n) is 8.49. The molecule has 0 amide bonds. The third-order valence-corrected chi connectivity index (χ3v) is 8.49. The first-order valence-corrected chi connectivity index (χ1v) is 11.4. The van der Waals surface area contributed by atoms with Gasteiger partial charge in [-0.25, -0.2) is 0 Å². The molecule has 0 aliphatic heterocycles. The molecule has 2 aromatic rings. The predicted molar refractivity (Wildman–Crippen MR) is 110 cm³/mol. The van der Waals surface area contributed by atoms with Gasteiger partial charge >= 0.3 is 0 Å². The fraction of sp³-hybridized carbons (Fsp3) is 0.577. The number of fused-ring (bicyclic) bond motifs is 4. The zero-order valence-corrected chi connectivity index (χ0v) is 16.9. The predicted octanol–water partition coefficient (Wildman–Crippen LogP) is 6.48. The van der Waals surface area contributed by atoms with Crippen LogP contribution in [0.25, 0.3) is 11.3 Å². The molecule has 0 radical (unpaired) electrons. The van der Waals surface area contributed by atoms with E-state index in [1.54, 1.807) is 22.3 Å². The van der Waals surface area contributed by atoms with Crippen LogP contribution in [0.2, 0.25) is 0 Å². The topological polar surface area (TPSA) is 3.88 Å². The minimum absolute atomic E-state index is 0.823. The Morgan fingerprint density at radius 1 is 0.704 bits per heavy atom. The SMILES string of the molecule is CC[n+]1cc2c(cc1-c1cc3c(cc1C)C1CCC3CC1)C1CCC2CC1. The number of hydrogen-bond acceptors (Lipinski definition) is 0. The van der Waals surface area contributed by atoms with Crippen molar-refractivity contribution in [2.45, 2.75) is 95.4 Å². The summed E-state index contributed by atoms with van der Waals surface area (Å²) in [6, 6.07) is 7.77. The molecule has 8 rings (SSSR count). The van der Waals surface area contributed by atoms with E-state index in [9.17, 15) is 0 Å². The molecule has 0 N–H and O–H groups in total. The molecule has 27 heavy (non-hydrogen) atoms. The lowest BCUT2D eigenvalue weighted by Gasteiger charge is -2.39. The van der Waals surface area contributed by atoms with Crippen LogP contribution in [0.3, 0.4) is 0 Å². The summed E-state index contributed by atoms with van der Waals surface area (Å²) in [5.74, 6) is 3.32. The molecule has 0 saturated heterocycles. The normalized spacial score (nSPS) is 30.3. The Labute approximate surface area is 163 Å². The van der Waals surface area contributed by atoms with E-state index in [1.165, 1.54) is 68.2 Å². The fourth-order valence-electron chi connectivity index (χ4n) is 6.98. The van der Waals surface area contributed by atoms with E-state index in [-0.39, 0.29) is 0 Å². The highest BCUT2D eigenvalue weighted by atomic mass is 15.0. The Hall–Kier alpha value is -1.63. The quantitative estimate of drug-likeness (QED) is 0.541. The molecule has 1 nitrogen and oxygen atoms in total. The molecule has 1 aromatic carbocycles. The Balaban J connectivity index is 1.53. The van der Waals surface area contributed by atoms with Crippen molar-refractivity contribution in [1.82, 2.24) is 0 Å². The van der Waals surface area contributed by atoms with Crippen LogP contribution < -0.4 is 4.57 Å². The molecule has 0 spiro atoms. The van der Waals surface area contributed by atoms with Gasteiger partial charge in [0.25, 0.3) is 0 Å². The van der Waals surface area contributed by atoms with Crippen molar-refractivity contribution in [1.29, 1.82) is 0 Å². The monoisotopic (exact) mass is 358 g/mol. The lowest BCUT2D eigenvalue weighted by molar-refractivity contribution is -0.683. The van der Waals surface area contributed by atoms with E-state index in [0.29, 0.717) is 0 Å². The molecule has 1 aromatic heterocycles. The van der Waals surface area contributed by atoms with Crippen molar-refractivity contribution in [3.8, 4) is 11.3 Å². The molecule has 2 saturated carbocycles. The van der Waals surface area contributed by atoms with Crippen LogP contribution in [-0.2, 0) is 6.54 Å². The Bertz CT molecular complexity index is 908. The molecule has 1 heteroatoms. The van der Waals surface area contributed by atoms with Gasteiger partial charge in [0.1, 0.15) is 6.54 Å². The number of benzene rings is 1. The summed E-state index contributed by atoms with van der Waals surface area (Å²) in [7, 11) is 0. The minimum atomic E-state index is 0.823. The van der Waals surface area contributed by atoms with Gasteiger partial charge in [-0.1, -0.05) is 6.07 Å². The first kappa shape index (κ1) is 16.3. The van der Waals surface area contributed by atoms with Crippen molar-refractivity contribution in [3.63, 3.8) is 0 Å². The van der Waals surface area contributed by atoms with Crippen LogP contribution in [-0.4, -0.2) is 0 Å². The van der Waals surface area contributed by atoms with E-state index in [0.717, 1.165) is 30.2 Å². The summed E-state index contributed by atoms with van der Waals surface area (Å²) in [4.78, 5) is 0. The van der Waals surface area contributed by atoms with Crippen molar-refractivity contribution >= 4 is 0 Å². The lowest BCUT2D eigenvalue weighted by Crippen LogP contribution is -2.38. The molecule has 6 aliphatic carbocycles. The van der Waals surface area contributed by atoms with Gasteiger partial charge in [-0.05, 0) is 117 Å². The second-order valence-corrected chi connectivity index (χ2v) is 9.75. The summed E-state index contributed by atoms with van der Waals surface area (Å²) >= 11 is 0. The van der Waals surface area contributed by atoms with E-state index in [4.69, 9.17) is 0 Å². The highest BCUT2D eigenvalue weighted by molar-refractivity contribution is 5.66. The van der Waals surface area contributed by atoms with Crippen LogP contribution in [0.1, 0.15) is 110 Å². The van der Waals surface area contributed by atoms with Crippen LogP contribution in [0.4, 0.5) is 0 Å². The summed E-state index contributed by atoms with van der Waals surface area (Å²) in [6.07, 6.45) is 13.9. The van der Waals surface area contributed by atoms with Crippen LogP contribution in [0.5, 0.6) is 0 Å². The van der Waals surface area contributed by atoms with E-state index >= 15 is 0 Å². The zero-order chi connectivity index (χ0) is 18.1. The molecule has 2 fully saturated rings. The fourth-order valence-corrected chi connectivity index (χ4v) is 6.98. The van der Waals surface area contributed by atoms with Gasteiger partial charge < -0.3 is 0 Å². The third kappa shape index (κ3) is 2.33. The van der Waals surface area contributed by atoms with E-state index < -0.39 is 0 Å². The number of pyridine rings is 1. The highest BCUT2D eigenvalue weighted by Crippen LogP contribution is 2.52. The number of aryl methyl sites for hydroxylation is 2. The van der Waals surface area contributed by atoms with E-state index in [1.807, 2.05) is 0 Å². The van der Waals surface area contributed by atoms with Crippen LogP contribution in [0.15, 0.2) is 24.4 Å². The molecule has 0 unspecified atom stereocenters. The second-order valence-electron chi connectivity index (χ2n) is 9.75. The molecule has 1 heterocycles. The molecule has 0 atom stereocenters. The van der Waals surface area contributed by atoms with Gasteiger partial charge in [-0.3, -0.25) is 0 Å². The Morgan fingerprint density at radius 3 is 1.74 bits per heavy atom. The van der Waals surface area contributed by atoms with Gasteiger partial charge in [0, 0.05) is 17.2 Å². The molecule has 140 valence electrons.